The molecule has 0 aliphatic heterocycles. The molecule has 4 saturated carbocycles. The highest BCUT2D eigenvalue weighted by molar-refractivity contribution is 5.80. The van der Waals surface area contributed by atoms with Crippen LogP contribution in [-0.4, -0.2) is 31.6 Å². The highest BCUT2D eigenvalue weighted by Gasteiger charge is 2.50. The zero-order valence-corrected chi connectivity index (χ0v) is 17.5. The maximum absolute atomic E-state index is 12.2. The van der Waals surface area contributed by atoms with Crippen LogP contribution < -0.4 is 10.1 Å². The summed E-state index contributed by atoms with van der Waals surface area (Å²) in [6.07, 6.45) is 8.77. The van der Waals surface area contributed by atoms with Gasteiger partial charge in [0.05, 0.1) is 6.61 Å². The number of carbonyl (C=O) groups excluding carboxylic acids is 2. The number of ether oxygens (including phenoxy) is 2. The van der Waals surface area contributed by atoms with E-state index in [1.165, 1.54) is 38.5 Å². The summed E-state index contributed by atoms with van der Waals surface area (Å²) < 4.78 is 10.8. The van der Waals surface area contributed by atoms with Crippen molar-refractivity contribution in [1.29, 1.82) is 0 Å². The van der Waals surface area contributed by atoms with Gasteiger partial charge < -0.3 is 14.8 Å². The topological polar surface area (TPSA) is 64.6 Å². The molecule has 0 saturated heterocycles. The van der Waals surface area contributed by atoms with Crippen LogP contribution in [0.4, 0.5) is 0 Å². The minimum Gasteiger partial charge on any atom is -0.494 e. The molecule has 158 valence electrons. The van der Waals surface area contributed by atoms with E-state index in [4.69, 9.17) is 9.47 Å². The van der Waals surface area contributed by atoms with Crippen molar-refractivity contribution in [2.45, 2.75) is 58.3 Å². The number of rotatable bonds is 9. The number of hydrogen-bond acceptors (Lipinski definition) is 4. The lowest BCUT2D eigenvalue weighted by Gasteiger charge is -2.56. The third-order valence-electron chi connectivity index (χ3n) is 7.06. The molecule has 0 spiro atoms. The zero-order valence-electron chi connectivity index (χ0n) is 17.5. The number of benzene rings is 1. The number of nitrogens with one attached hydrogen (secondary N) is 1. The van der Waals surface area contributed by atoms with Crippen molar-refractivity contribution in [2.24, 2.45) is 23.2 Å². The molecule has 1 N–H and O–H groups in total. The summed E-state index contributed by atoms with van der Waals surface area (Å²) in [6.45, 7) is 3.09. The van der Waals surface area contributed by atoms with E-state index in [-0.39, 0.29) is 24.9 Å². The average molecular weight is 400 g/mol. The van der Waals surface area contributed by atoms with Crippen molar-refractivity contribution in [2.75, 3.05) is 19.8 Å². The molecule has 0 aromatic heterocycles. The zero-order chi connectivity index (χ0) is 20.3. The minimum atomic E-state index is -0.346. The van der Waals surface area contributed by atoms with Gasteiger partial charge in [0.15, 0.2) is 6.61 Å². The van der Waals surface area contributed by atoms with Crippen molar-refractivity contribution in [3.05, 3.63) is 29.8 Å². The Balaban J connectivity index is 1.18. The Kier molecular flexibility index (Phi) is 6.12. The molecule has 0 unspecified atom stereocenters. The van der Waals surface area contributed by atoms with Crippen LogP contribution in [0.25, 0.3) is 0 Å². The Hall–Kier alpha value is -2.04. The molecule has 0 radical (unpaired) electrons. The molecule has 1 amide bonds. The third kappa shape index (κ3) is 4.93. The monoisotopic (exact) mass is 399 g/mol. The first-order valence-electron chi connectivity index (χ1n) is 11.2. The fraction of sp³-hybridized carbons (Fsp3) is 0.667. The highest BCUT2D eigenvalue weighted by atomic mass is 16.5. The molecular weight excluding hydrogens is 366 g/mol. The molecule has 5 nitrogen and oxygen atoms in total. The molecule has 0 atom stereocenters. The number of amides is 1. The second-order valence-electron chi connectivity index (χ2n) is 9.40. The van der Waals surface area contributed by atoms with Gasteiger partial charge in [-0.3, -0.25) is 9.59 Å². The lowest BCUT2D eigenvalue weighted by Crippen LogP contribution is -2.51. The quantitative estimate of drug-likeness (QED) is 0.640. The van der Waals surface area contributed by atoms with Crippen molar-refractivity contribution in [1.82, 2.24) is 5.32 Å². The molecule has 0 heterocycles. The molecule has 5 heteroatoms. The second kappa shape index (κ2) is 8.76. The van der Waals surface area contributed by atoms with E-state index in [0.717, 1.165) is 35.6 Å². The molecular formula is C24H33NO4. The van der Waals surface area contributed by atoms with Gasteiger partial charge in [-0.05, 0) is 86.7 Å². The number of esters is 1. The van der Waals surface area contributed by atoms with Gasteiger partial charge in [-0.1, -0.05) is 18.2 Å². The SMILES string of the molecule is CCOc1ccccc1CCC(=O)OCC(=O)NCC12CC3CC(CC(C3)C1)C2. The van der Waals surface area contributed by atoms with Crippen molar-refractivity contribution >= 4 is 11.9 Å². The predicted molar refractivity (Wildman–Crippen MR) is 111 cm³/mol. The van der Waals surface area contributed by atoms with E-state index in [1.54, 1.807) is 0 Å². The van der Waals surface area contributed by atoms with Crippen LogP contribution in [0, 0.1) is 23.2 Å². The summed E-state index contributed by atoms with van der Waals surface area (Å²) in [5.41, 5.74) is 1.29. The lowest BCUT2D eigenvalue weighted by atomic mass is 9.49. The van der Waals surface area contributed by atoms with E-state index in [1.807, 2.05) is 31.2 Å². The van der Waals surface area contributed by atoms with Crippen LogP contribution in [0.3, 0.4) is 0 Å². The number of hydrogen-bond donors (Lipinski definition) is 1. The number of carbonyl (C=O) groups is 2. The maximum Gasteiger partial charge on any atom is 0.306 e. The molecule has 1 aromatic rings. The normalized spacial score (nSPS) is 29.5. The average Bonchev–Trinajstić information content (AvgIpc) is 2.69. The van der Waals surface area contributed by atoms with Crippen LogP contribution in [0.2, 0.25) is 0 Å². The Morgan fingerprint density at radius 2 is 1.72 bits per heavy atom. The Morgan fingerprint density at radius 1 is 1.07 bits per heavy atom. The Labute approximate surface area is 173 Å². The number of para-hydroxylation sites is 1. The summed E-state index contributed by atoms with van der Waals surface area (Å²) in [6, 6.07) is 7.71. The molecule has 4 aliphatic rings. The van der Waals surface area contributed by atoms with Crippen LogP contribution in [-0.2, 0) is 20.7 Å². The highest BCUT2D eigenvalue weighted by Crippen LogP contribution is 2.59. The van der Waals surface area contributed by atoms with Gasteiger partial charge in [0, 0.05) is 13.0 Å². The van der Waals surface area contributed by atoms with Crippen molar-refractivity contribution in [3.8, 4) is 5.75 Å². The fourth-order valence-electron chi connectivity index (χ4n) is 6.31. The standard InChI is InChI=1S/C24H33NO4/c1-2-28-21-6-4-3-5-20(21)7-8-23(27)29-15-22(26)25-16-24-12-17-9-18(13-24)11-19(10-17)14-24/h3-6,17-19H,2,7-16H2,1H3,(H,25,26). The summed E-state index contributed by atoms with van der Waals surface area (Å²) >= 11 is 0. The summed E-state index contributed by atoms with van der Waals surface area (Å²) in [5.74, 6) is 2.89. The minimum absolute atomic E-state index is 0.177. The maximum atomic E-state index is 12.2. The second-order valence-corrected chi connectivity index (χ2v) is 9.40. The Morgan fingerprint density at radius 3 is 2.38 bits per heavy atom. The van der Waals surface area contributed by atoms with Gasteiger partial charge in [0.1, 0.15) is 5.75 Å². The molecule has 4 aliphatic carbocycles. The first-order valence-corrected chi connectivity index (χ1v) is 11.2. The molecule has 4 fully saturated rings. The van der Waals surface area contributed by atoms with E-state index >= 15 is 0 Å². The van der Waals surface area contributed by atoms with Crippen molar-refractivity contribution in [3.63, 3.8) is 0 Å². The lowest BCUT2D eigenvalue weighted by molar-refractivity contribution is -0.148. The van der Waals surface area contributed by atoms with E-state index < -0.39 is 0 Å². The van der Waals surface area contributed by atoms with Gasteiger partial charge in [0.25, 0.3) is 5.91 Å². The third-order valence-corrected chi connectivity index (χ3v) is 7.06. The van der Waals surface area contributed by atoms with Gasteiger partial charge >= 0.3 is 5.97 Å². The van der Waals surface area contributed by atoms with E-state index in [2.05, 4.69) is 5.32 Å². The first kappa shape index (κ1) is 20.2. The van der Waals surface area contributed by atoms with Crippen molar-refractivity contribution < 1.29 is 19.1 Å². The van der Waals surface area contributed by atoms with Crippen LogP contribution in [0.5, 0.6) is 5.75 Å². The largest absolute Gasteiger partial charge is 0.494 e. The summed E-state index contributed by atoms with van der Waals surface area (Å²) in [4.78, 5) is 24.3. The van der Waals surface area contributed by atoms with Gasteiger partial charge in [-0.25, -0.2) is 0 Å². The summed E-state index contributed by atoms with van der Waals surface area (Å²) in [7, 11) is 0. The molecule has 1 aromatic carbocycles. The van der Waals surface area contributed by atoms with E-state index in [9.17, 15) is 9.59 Å². The van der Waals surface area contributed by atoms with Gasteiger partial charge in [0.2, 0.25) is 0 Å². The molecule has 29 heavy (non-hydrogen) atoms. The van der Waals surface area contributed by atoms with Crippen LogP contribution in [0.1, 0.15) is 57.4 Å². The van der Waals surface area contributed by atoms with Gasteiger partial charge in [-0.15, -0.1) is 0 Å². The Bertz CT molecular complexity index is 709. The van der Waals surface area contributed by atoms with Crippen LogP contribution >= 0.6 is 0 Å². The van der Waals surface area contributed by atoms with Crippen LogP contribution in [0.15, 0.2) is 24.3 Å². The molecule has 5 rings (SSSR count). The summed E-state index contributed by atoms with van der Waals surface area (Å²) in [5, 5.41) is 3.06. The van der Waals surface area contributed by atoms with Gasteiger partial charge in [-0.2, -0.15) is 0 Å². The first-order chi connectivity index (χ1) is 14.0. The van der Waals surface area contributed by atoms with E-state index in [0.29, 0.717) is 18.4 Å². The molecule has 4 bridgehead atoms. The predicted octanol–water partition coefficient (Wildman–Crippen LogP) is 3.89. The number of aryl methyl sites for hydroxylation is 1. The fourth-order valence-corrected chi connectivity index (χ4v) is 6.31. The smallest absolute Gasteiger partial charge is 0.306 e.